The Morgan fingerprint density at radius 1 is 0.937 bits per heavy atom. The molecule has 348 valence electrons. The lowest BCUT2D eigenvalue weighted by Gasteiger charge is -2.33. The second kappa shape index (κ2) is 23.9. The number of guanidine groups is 1. The molecular formula is C42H65N11O10. The summed E-state index contributed by atoms with van der Waals surface area (Å²) in [5.41, 5.74) is 15.3. The molecule has 21 nitrogen and oxygen atoms in total. The second-order valence-electron chi connectivity index (χ2n) is 16.3. The molecular weight excluding hydrogens is 819 g/mol. The van der Waals surface area contributed by atoms with Gasteiger partial charge in [0.15, 0.2) is 11.7 Å². The van der Waals surface area contributed by atoms with Gasteiger partial charge in [0, 0.05) is 37.8 Å². The van der Waals surface area contributed by atoms with Crippen molar-refractivity contribution < 1.29 is 48.5 Å². The Bertz CT molecular complexity index is 1900. The molecule has 5 amide bonds. The lowest BCUT2D eigenvalue weighted by Crippen LogP contribution is -2.62. The third kappa shape index (κ3) is 14.8. The fourth-order valence-corrected chi connectivity index (χ4v) is 7.02. The fourth-order valence-electron chi connectivity index (χ4n) is 7.02. The number of nitrogens with zero attached hydrogens (tertiary/aromatic N) is 3. The van der Waals surface area contributed by atoms with E-state index < -0.39 is 95.0 Å². The summed E-state index contributed by atoms with van der Waals surface area (Å²) >= 11 is 0. The topological polar surface area (TPSA) is 340 Å². The number of likely N-dealkylation sites (tertiary alicyclic amines) is 1. The predicted molar refractivity (Wildman–Crippen MR) is 231 cm³/mol. The van der Waals surface area contributed by atoms with Crippen LogP contribution in [0.25, 0.3) is 0 Å². The number of hydrogen-bond acceptors (Lipinski definition) is 13. The van der Waals surface area contributed by atoms with Gasteiger partial charge in [-0.25, -0.2) is 9.78 Å². The van der Waals surface area contributed by atoms with Crippen molar-refractivity contribution in [2.75, 3.05) is 19.7 Å². The number of imidazole rings is 1. The van der Waals surface area contributed by atoms with Crippen molar-refractivity contribution in [1.82, 2.24) is 36.1 Å². The molecule has 1 aliphatic rings. The van der Waals surface area contributed by atoms with E-state index in [-0.39, 0.29) is 57.1 Å². The number of ketones is 1. The maximum absolute atomic E-state index is 14.3. The van der Waals surface area contributed by atoms with Crippen LogP contribution in [-0.2, 0) is 51.1 Å². The Kier molecular flexibility index (Phi) is 19.5. The number of ether oxygens (including phenoxy) is 1. The van der Waals surface area contributed by atoms with Crippen LogP contribution in [-0.4, -0.2) is 134 Å². The smallest absolute Gasteiger partial charge is 0.345 e. The molecule has 1 aliphatic heterocycles. The van der Waals surface area contributed by atoms with E-state index in [4.69, 9.17) is 21.9 Å². The van der Waals surface area contributed by atoms with E-state index in [0.717, 1.165) is 6.92 Å². The summed E-state index contributed by atoms with van der Waals surface area (Å²) in [5, 5.41) is 31.8. The van der Waals surface area contributed by atoms with Crippen molar-refractivity contribution in [3.63, 3.8) is 0 Å². The molecule has 0 bridgehead atoms. The number of aromatic hydroxyl groups is 1. The summed E-state index contributed by atoms with van der Waals surface area (Å²) < 4.78 is 4.91. The van der Waals surface area contributed by atoms with Gasteiger partial charge in [0.2, 0.25) is 35.1 Å². The number of nitrogens with two attached hydrogens (primary N) is 3. The van der Waals surface area contributed by atoms with Gasteiger partial charge in [0.05, 0.1) is 25.0 Å². The number of rotatable bonds is 24. The number of aromatic nitrogens is 2. The fraction of sp³-hybridized carbons (Fsp3) is 0.595. The number of phenolic OH excluding ortho intramolecular Hbond substituents is 1. The number of nitrogens with one attached hydrogen (secondary N) is 5. The number of aliphatic imine (C=N–C) groups is 1. The van der Waals surface area contributed by atoms with Crippen LogP contribution in [0.15, 0.2) is 41.8 Å². The second-order valence-corrected chi connectivity index (χ2v) is 16.3. The van der Waals surface area contributed by atoms with Gasteiger partial charge in [-0.05, 0) is 69.1 Å². The maximum atomic E-state index is 14.3. The number of H-pyrrole nitrogens is 1. The van der Waals surface area contributed by atoms with E-state index in [0.29, 0.717) is 30.5 Å². The largest absolute Gasteiger partial charge is 0.508 e. The zero-order valence-corrected chi connectivity index (χ0v) is 36.9. The van der Waals surface area contributed by atoms with E-state index in [1.807, 2.05) is 0 Å². The number of aromatic amines is 1. The Hall–Kier alpha value is -6.09. The van der Waals surface area contributed by atoms with Gasteiger partial charge in [-0.15, -0.1) is 0 Å². The highest BCUT2D eigenvalue weighted by atomic mass is 16.5. The van der Waals surface area contributed by atoms with Crippen LogP contribution in [0, 0.1) is 11.8 Å². The Morgan fingerprint density at radius 2 is 1.57 bits per heavy atom. The molecule has 2 aromatic rings. The summed E-state index contributed by atoms with van der Waals surface area (Å²) in [6, 6.07) is -1.20. The van der Waals surface area contributed by atoms with E-state index in [2.05, 4.69) is 36.2 Å². The highest BCUT2D eigenvalue weighted by molar-refractivity contribution is 6.10. The molecule has 13 N–H and O–H groups in total. The lowest BCUT2D eigenvalue weighted by molar-refractivity contribution is -0.171. The molecule has 21 heteroatoms. The minimum Gasteiger partial charge on any atom is -0.508 e. The summed E-state index contributed by atoms with van der Waals surface area (Å²) in [5.74, 6) is -6.64. The van der Waals surface area contributed by atoms with Crippen LogP contribution < -0.4 is 38.5 Å². The van der Waals surface area contributed by atoms with Crippen molar-refractivity contribution in [3.05, 3.63) is 48.0 Å². The molecule has 0 spiro atoms. The molecule has 0 radical (unpaired) electrons. The van der Waals surface area contributed by atoms with Crippen LogP contribution in [0.3, 0.4) is 0 Å². The van der Waals surface area contributed by atoms with Gasteiger partial charge in [-0.2, -0.15) is 0 Å². The number of hydrogen-bond donors (Lipinski definition) is 10. The van der Waals surface area contributed by atoms with Crippen molar-refractivity contribution in [1.29, 1.82) is 0 Å². The van der Waals surface area contributed by atoms with Gasteiger partial charge in [-0.3, -0.25) is 33.8 Å². The molecule has 3 rings (SSSR count). The molecule has 0 aliphatic carbocycles. The van der Waals surface area contributed by atoms with Gasteiger partial charge in [0.1, 0.15) is 29.9 Å². The van der Waals surface area contributed by atoms with Crippen LogP contribution in [0.4, 0.5) is 0 Å². The standard InChI is InChI=1S/C42H65N11O10/c1-7-24(5)33(38(59)50-30(20-26-21-46-22-48-26)39(60)53-18-10-12-31(53)34(55)42(6,62)40(61)63-8-2)52-36(57)29(19-25-13-15-27(54)16-14-25)49-37(58)32(23(3)4)51-35(56)28(43)11-9-17-47-41(44)45/h13-16,21-24,28-33,54,62H,7-12,17-20,43H2,1-6H3,(H,46,48)(H,49,58)(H,50,59)(H,51,56)(H,52,57)(H4,44,45,47)/t24-,28-,29-,30-,31-,32-,33-,42+/m0/s1. The third-order valence-corrected chi connectivity index (χ3v) is 10.9. The molecule has 0 unspecified atom stereocenters. The minimum absolute atomic E-state index is 0.0252. The van der Waals surface area contributed by atoms with Crippen LogP contribution >= 0.6 is 0 Å². The van der Waals surface area contributed by atoms with Gasteiger partial charge < -0.3 is 63.3 Å². The molecule has 1 aromatic heterocycles. The monoisotopic (exact) mass is 883 g/mol. The summed E-state index contributed by atoms with van der Waals surface area (Å²) in [6.07, 6.45) is 4.22. The average Bonchev–Trinajstić information content (AvgIpc) is 3.95. The first-order valence-electron chi connectivity index (χ1n) is 21.2. The Morgan fingerprint density at radius 3 is 2.16 bits per heavy atom. The van der Waals surface area contributed by atoms with Crippen LogP contribution in [0.5, 0.6) is 5.75 Å². The number of carbonyl (C=O) groups is 7. The van der Waals surface area contributed by atoms with Gasteiger partial charge in [-0.1, -0.05) is 46.2 Å². The minimum atomic E-state index is -2.53. The zero-order valence-electron chi connectivity index (χ0n) is 36.9. The number of carbonyl (C=O) groups excluding carboxylic acids is 7. The number of aliphatic hydroxyl groups is 1. The number of Topliss-reactive ketones (excluding diaryl/α,β-unsaturated/α-hetero) is 1. The number of amides is 5. The summed E-state index contributed by atoms with van der Waals surface area (Å²) in [6.45, 7) is 9.75. The lowest BCUT2D eigenvalue weighted by atomic mass is 9.93. The van der Waals surface area contributed by atoms with Gasteiger partial charge >= 0.3 is 5.97 Å². The van der Waals surface area contributed by atoms with Crippen LogP contribution in [0.2, 0.25) is 0 Å². The molecule has 0 saturated carbocycles. The molecule has 1 saturated heterocycles. The summed E-state index contributed by atoms with van der Waals surface area (Å²) in [4.78, 5) is 108. The Balaban J connectivity index is 1.90. The number of esters is 1. The molecule has 1 aromatic carbocycles. The summed E-state index contributed by atoms with van der Waals surface area (Å²) in [7, 11) is 0. The zero-order chi connectivity index (χ0) is 47.0. The first kappa shape index (κ1) is 51.3. The average molecular weight is 884 g/mol. The van der Waals surface area contributed by atoms with Crippen molar-refractivity contribution >= 4 is 47.2 Å². The Labute approximate surface area is 367 Å². The van der Waals surface area contributed by atoms with Gasteiger partial charge in [0.25, 0.3) is 0 Å². The van der Waals surface area contributed by atoms with Crippen LogP contribution in [0.1, 0.15) is 84.9 Å². The first-order valence-corrected chi connectivity index (χ1v) is 21.2. The van der Waals surface area contributed by atoms with Crippen molar-refractivity contribution in [3.8, 4) is 5.75 Å². The van der Waals surface area contributed by atoms with E-state index >= 15 is 0 Å². The van der Waals surface area contributed by atoms with E-state index in [1.54, 1.807) is 39.8 Å². The number of benzene rings is 1. The quantitative estimate of drug-likeness (QED) is 0.0195. The maximum Gasteiger partial charge on any atom is 0.345 e. The highest BCUT2D eigenvalue weighted by Gasteiger charge is 2.49. The normalized spacial score (nSPS) is 17.5. The van der Waals surface area contributed by atoms with E-state index in [1.165, 1.54) is 36.5 Å². The van der Waals surface area contributed by atoms with E-state index in [9.17, 15) is 43.8 Å². The first-order chi connectivity index (χ1) is 29.7. The van der Waals surface area contributed by atoms with Crippen molar-refractivity contribution in [2.24, 2.45) is 34.0 Å². The number of phenols is 1. The van der Waals surface area contributed by atoms with Crippen molar-refractivity contribution in [2.45, 2.75) is 128 Å². The SMILES string of the molecule is CCOC(=O)[C@](C)(O)C(=O)[C@@H]1CCCN1C(=O)[C@H](Cc1cnc[nH]1)NC(=O)[C@@H](NC(=O)[C@H](Cc1ccc(O)cc1)NC(=O)[C@@H](NC(=O)[C@@H](N)CCCN=C(N)N)C(C)C)[C@@H](C)CC. The highest BCUT2D eigenvalue weighted by Crippen LogP contribution is 2.25. The third-order valence-electron chi connectivity index (χ3n) is 10.9. The molecule has 2 heterocycles. The molecule has 63 heavy (non-hydrogen) atoms. The molecule has 1 fully saturated rings. The predicted octanol–water partition coefficient (Wildman–Crippen LogP) is -1.20. The molecule has 8 atom stereocenters.